The van der Waals surface area contributed by atoms with Crippen molar-refractivity contribution in [3.63, 3.8) is 0 Å². The number of hydrogen-bond donors (Lipinski definition) is 3. The lowest BCUT2D eigenvalue weighted by Gasteiger charge is -2.37. The van der Waals surface area contributed by atoms with Gasteiger partial charge in [0.2, 0.25) is 11.6 Å². The number of hydrogen-bond acceptors (Lipinski definition) is 7. The minimum absolute atomic E-state index is 0.0809. The number of likely N-dealkylation sites (N-methyl/N-ethyl adjacent to an activating group) is 1. The number of aliphatic hydroxyl groups excluding tert-OH is 1. The van der Waals surface area contributed by atoms with E-state index in [-0.39, 0.29) is 40.4 Å². The van der Waals surface area contributed by atoms with Gasteiger partial charge < -0.3 is 20.8 Å². The highest BCUT2D eigenvalue weighted by Gasteiger charge is 2.73. The molecule has 2 fully saturated rings. The summed E-state index contributed by atoms with van der Waals surface area (Å²) >= 11 is 0. The normalized spacial score (nSPS) is 44.3. The summed E-state index contributed by atoms with van der Waals surface area (Å²) in [6.45, 7) is 1.61. The Morgan fingerprint density at radius 2 is 2.05 bits per heavy atom. The number of carbonyl (C=O) groups excluding carboxylic acids is 2. The van der Waals surface area contributed by atoms with E-state index in [0.717, 1.165) is 0 Å². The number of fused-ring (bicyclic) bond motifs is 4. The fourth-order valence-corrected chi connectivity index (χ4v) is 4.25. The zero-order chi connectivity index (χ0) is 15.3. The SMILES string of the molecule is CC1=C(N)C(=O)C2=C(C1=O)N1C[C@@H]3[C@H](N3C)[C@]1(O)[C@@H]2CO. The number of nitrogens with zero attached hydrogens (tertiary/aromatic N) is 2. The summed E-state index contributed by atoms with van der Waals surface area (Å²) in [5.74, 6) is -1.56. The van der Waals surface area contributed by atoms with E-state index in [2.05, 4.69) is 0 Å². The van der Waals surface area contributed by atoms with Gasteiger partial charge in [0.05, 0.1) is 30.0 Å². The lowest BCUT2D eigenvalue weighted by Crippen LogP contribution is -2.53. The molecule has 7 heteroatoms. The second-order valence-corrected chi connectivity index (χ2v) is 6.27. The number of rotatable bonds is 1. The van der Waals surface area contributed by atoms with Crippen LogP contribution in [0.5, 0.6) is 0 Å². The van der Waals surface area contributed by atoms with Gasteiger partial charge in [-0.25, -0.2) is 0 Å². The maximum absolute atomic E-state index is 12.5. The van der Waals surface area contributed by atoms with Gasteiger partial charge in [-0.15, -0.1) is 0 Å². The highest BCUT2D eigenvalue weighted by molar-refractivity contribution is 6.25. The van der Waals surface area contributed by atoms with Gasteiger partial charge in [-0.3, -0.25) is 14.5 Å². The predicted molar refractivity (Wildman–Crippen MR) is 71.5 cm³/mol. The highest BCUT2D eigenvalue weighted by atomic mass is 16.3. The van der Waals surface area contributed by atoms with Gasteiger partial charge in [0.25, 0.3) is 0 Å². The first-order valence-electron chi connectivity index (χ1n) is 6.98. The van der Waals surface area contributed by atoms with E-state index in [1.165, 1.54) is 6.92 Å². The van der Waals surface area contributed by atoms with Crippen molar-refractivity contribution in [1.82, 2.24) is 9.80 Å². The Kier molecular flexibility index (Phi) is 2.19. The highest BCUT2D eigenvalue weighted by Crippen LogP contribution is 2.57. The molecule has 0 aromatic carbocycles. The molecule has 21 heavy (non-hydrogen) atoms. The van der Waals surface area contributed by atoms with Crippen molar-refractivity contribution in [2.24, 2.45) is 11.7 Å². The van der Waals surface area contributed by atoms with E-state index in [1.807, 2.05) is 11.9 Å². The Balaban J connectivity index is 1.89. The minimum atomic E-state index is -1.39. The van der Waals surface area contributed by atoms with E-state index < -0.39 is 24.0 Å². The first-order chi connectivity index (χ1) is 9.85. The number of allylic oxidation sites excluding steroid dienone is 2. The van der Waals surface area contributed by atoms with E-state index in [4.69, 9.17) is 5.73 Å². The van der Waals surface area contributed by atoms with Crippen LogP contribution in [0.1, 0.15) is 6.92 Å². The van der Waals surface area contributed by atoms with Crippen LogP contribution in [0.25, 0.3) is 0 Å². The third-order valence-electron chi connectivity index (χ3n) is 5.49. The average Bonchev–Trinajstić information content (AvgIpc) is 2.86. The molecule has 3 aliphatic heterocycles. The van der Waals surface area contributed by atoms with Crippen LogP contribution in [-0.2, 0) is 9.59 Å². The standard InChI is InChI=1S/C14H17N3O4/c1-5-9(15)12(20)8-6(4-18)14(21)13-7(16(13)2)3-17(14)10(8)11(5)19/h6-7,13,18,21H,3-4,15H2,1-2H3/t6-,7-,13+,14-,16?/m1/s1. The van der Waals surface area contributed by atoms with Crippen LogP contribution >= 0.6 is 0 Å². The quantitative estimate of drug-likeness (QED) is 0.376. The van der Waals surface area contributed by atoms with Gasteiger partial charge in [0, 0.05) is 23.7 Å². The Morgan fingerprint density at radius 1 is 1.38 bits per heavy atom. The van der Waals surface area contributed by atoms with Crippen molar-refractivity contribution in [1.29, 1.82) is 0 Å². The molecule has 0 spiro atoms. The molecule has 0 saturated carbocycles. The molecule has 5 atom stereocenters. The average molecular weight is 291 g/mol. The molecule has 112 valence electrons. The zero-order valence-corrected chi connectivity index (χ0v) is 11.8. The maximum atomic E-state index is 12.5. The van der Waals surface area contributed by atoms with Gasteiger partial charge in [0.15, 0.2) is 5.72 Å². The van der Waals surface area contributed by atoms with Crippen molar-refractivity contribution in [3.8, 4) is 0 Å². The predicted octanol–water partition coefficient (Wildman–Crippen LogP) is -2.07. The molecule has 4 rings (SSSR count). The molecule has 4 aliphatic rings. The Labute approximate surface area is 121 Å². The summed E-state index contributed by atoms with van der Waals surface area (Å²) in [5, 5.41) is 20.9. The molecule has 0 radical (unpaired) electrons. The topological polar surface area (TPSA) is 107 Å². The molecule has 1 aliphatic carbocycles. The van der Waals surface area contributed by atoms with Crippen LogP contribution in [0, 0.1) is 5.92 Å². The number of ketones is 2. The van der Waals surface area contributed by atoms with Crippen molar-refractivity contribution in [2.45, 2.75) is 24.7 Å². The molecule has 7 nitrogen and oxygen atoms in total. The summed E-state index contributed by atoms with van der Waals surface area (Å²) in [6, 6.07) is -0.00746. The molecule has 0 bridgehead atoms. The van der Waals surface area contributed by atoms with Crippen LogP contribution in [0.15, 0.2) is 22.5 Å². The summed E-state index contributed by atoms with van der Waals surface area (Å²) in [7, 11) is 1.89. The van der Waals surface area contributed by atoms with Crippen LogP contribution in [0.4, 0.5) is 0 Å². The summed E-state index contributed by atoms with van der Waals surface area (Å²) in [4.78, 5) is 28.6. The fourth-order valence-electron chi connectivity index (χ4n) is 4.25. The summed E-state index contributed by atoms with van der Waals surface area (Å²) in [6.07, 6.45) is 0. The Morgan fingerprint density at radius 3 is 2.67 bits per heavy atom. The van der Waals surface area contributed by atoms with Crippen molar-refractivity contribution >= 4 is 11.6 Å². The van der Waals surface area contributed by atoms with Crippen LogP contribution in [0.3, 0.4) is 0 Å². The Bertz CT molecular complexity index is 641. The van der Waals surface area contributed by atoms with Gasteiger partial charge in [-0.1, -0.05) is 0 Å². The first kappa shape index (κ1) is 13.0. The smallest absolute Gasteiger partial charge is 0.207 e. The van der Waals surface area contributed by atoms with E-state index in [1.54, 1.807) is 4.90 Å². The van der Waals surface area contributed by atoms with Gasteiger partial charge in [-0.05, 0) is 14.0 Å². The lowest BCUT2D eigenvalue weighted by molar-refractivity contribution is -0.126. The number of nitrogens with two attached hydrogens (primary N) is 1. The number of Topliss-reactive ketones (excluding diaryl/α,β-unsaturated/α-hetero) is 2. The number of aliphatic hydroxyl groups is 2. The second-order valence-electron chi connectivity index (χ2n) is 6.27. The number of piperazine rings is 1. The van der Waals surface area contributed by atoms with Crippen molar-refractivity contribution in [3.05, 3.63) is 22.5 Å². The molecule has 0 aromatic heterocycles. The molecule has 3 heterocycles. The zero-order valence-electron chi connectivity index (χ0n) is 11.8. The largest absolute Gasteiger partial charge is 0.396 e. The van der Waals surface area contributed by atoms with Crippen molar-refractivity contribution < 1.29 is 19.8 Å². The van der Waals surface area contributed by atoms with Crippen molar-refractivity contribution in [2.75, 3.05) is 20.2 Å². The molecular formula is C14H17N3O4. The van der Waals surface area contributed by atoms with E-state index >= 15 is 0 Å². The van der Waals surface area contributed by atoms with Crippen LogP contribution in [0.2, 0.25) is 0 Å². The Hall–Kier alpha value is -1.70. The molecule has 4 N–H and O–H groups in total. The van der Waals surface area contributed by atoms with E-state index in [0.29, 0.717) is 6.54 Å². The summed E-state index contributed by atoms with van der Waals surface area (Å²) < 4.78 is 0. The van der Waals surface area contributed by atoms with Gasteiger partial charge >= 0.3 is 0 Å². The third-order valence-corrected chi connectivity index (χ3v) is 5.49. The molecular weight excluding hydrogens is 274 g/mol. The summed E-state index contributed by atoms with van der Waals surface area (Å²) in [5.41, 5.74) is 4.88. The first-order valence-corrected chi connectivity index (χ1v) is 6.98. The third kappa shape index (κ3) is 1.18. The molecule has 1 unspecified atom stereocenters. The van der Waals surface area contributed by atoms with Crippen LogP contribution < -0.4 is 5.73 Å². The van der Waals surface area contributed by atoms with Gasteiger partial charge in [0.1, 0.15) is 0 Å². The monoisotopic (exact) mass is 291 g/mol. The van der Waals surface area contributed by atoms with E-state index in [9.17, 15) is 19.8 Å². The lowest BCUT2D eigenvalue weighted by atomic mass is 9.83. The molecule has 2 saturated heterocycles. The fraction of sp³-hybridized carbons (Fsp3) is 0.571. The minimum Gasteiger partial charge on any atom is -0.396 e. The maximum Gasteiger partial charge on any atom is 0.207 e. The second kappa shape index (κ2) is 3.55. The van der Waals surface area contributed by atoms with Gasteiger partial charge in [-0.2, -0.15) is 0 Å². The van der Waals surface area contributed by atoms with Crippen LogP contribution in [-0.4, -0.2) is 69.6 Å². The molecule has 0 aromatic rings. The molecule has 0 amide bonds. The number of carbonyl (C=O) groups is 2.